The maximum Gasteiger partial charge on any atom is 0.573 e. The van der Waals surface area contributed by atoms with Gasteiger partial charge >= 0.3 is 6.36 Å². The van der Waals surface area contributed by atoms with Crippen molar-refractivity contribution in [2.24, 2.45) is 0 Å². The van der Waals surface area contributed by atoms with Crippen LogP contribution in [0.2, 0.25) is 0 Å². The lowest BCUT2D eigenvalue weighted by Crippen LogP contribution is -2.17. The molecule has 3 rings (SSSR count). The van der Waals surface area contributed by atoms with Crippen molar-refractivity contribution in [2.45, 2.75) is 18.2 Å². The third kappa shape index (κ3) is 4.14. The van der Waals surface area contributed by atoms with E-state index in [1.54, 1.807) is 12.3 Å². The van der Waals surface area contributed by atoms with Gasteiger partial charge in [0.1, 0.15) is 10.6 Å². The van der Waals surface area contributed by atoms with E-state index in [9.17, 15) is 21.6 Å². The fraction of sp³-hybridized carbons (Fsp3) is 0.143. The Labute approximate surface area is 149 Å². The standard InChI is InChI=1S/C14H10F3N3O4S2/c1-8-18-13(24-19-8)12-11(6-7-25-12)20-26(21,22)10-4-2-9(3-5-10)23-14(15,16)17/h2-7,20H,1H3. The summed E-state index contributed by atoms with van der Waals surface area (Å²) in [6, 6.07) is 5.35. The minimum Gasteiger partial charge on any atom is -0.406 e. The van der Waals surface area contributed by atoms with Gasteiger partial charge in [0.05, 0.1) is 10.6 Å². The highest BCUT2D eigenvalue weighted by Crippen LogP contribution is 2.34. The van der Waals surface area contributed by atoms with Gasteiger partial charge in [0.25, 0.3) is 15.9 Å². The van der Waals surface area contributed by atoms with E-state index in [0.717, 1.165) is 24.3 Å². The highest BCUT2D eigenvalue weighted by molar-refractivity contribution is 7.92. The number of aromatic nitrogens is 2. The van der Waals surface area contributed by atoms with Crippen molar-refractivity contribution in [1.29, 1.82) is 0 Å². The SMILES string of the molecule is Cc1noc(-c2sccc2NS(=O)(=O)c2ccc(OC(F)(F)F)cc2)n1. The van der Waals surface area contributed by atoms with Gasteiger partial charge in [-0.1, -0.05) is 5.16 Å². The molecule has 2 heterocycles. The average molecular weight is 405 g/mol. The third-order valence-corrected chi connectivity index (χ3v) is 5.28. The van der Waals surface area contributed by atoms with Crippen molar-refractivity contribution in [1.82, 2.24) is 10.1 Å². The van der Waals surface area contributed by atoms with Crippen LogP contribution in [0, 0.1) is 6.92 Å². The highest BCUT2D eigenvalue weighted by atomic mass is 32.2. The third-order valence-electron chi connectivity index (χ3n) is 3.00. The molecule has 26 heavy (non-hydrogen) atoms. The molecule has 138 valence electrons. The maximum atomic E-state index is 12.4. The van der Waals surface area contributed by atoms with E-state index in [4.69, 9.17) is 4.52 Å². The lowest BCUT2D eigenvalue weighted by atomic mass is 10.3. The summed E-state index contributed by atoms with van der Waals surface area (Å²) in [5.74, 6) is 0.0283. The molecule has 0 amide bonds. The number of thiophene rings is 1. The summed E-state index contributed by atoms with van der Waals surface area (Å²) >= 11 is 1.19. The predicted octanol–water partition coefficient (Wildman–Crippen LogP) is 3.81. The molecule has 1 N–H and O–H groups in total. The van der Waals surface area contributed by atoms with Crippen LogP contribution in [-0.2, 0) is 10.0 Å². The Balaban J connectivity index is 1.83. The molecule has 0 unspecified atom stereocenters. The minimum atomic E-state index is -4.85. The maximum absolute atomic E-state index is 12.4. The quantitative estimate of drug-likeness (QED) is 0.694. The number of rotatable bonds is 5. The number of benzene rings is 1. The second-order valence-electron chi connectivity index (χ2n) is 4.93. The van der Waals surface area contributed by atoms with Gasteiger partial charge in [0.15, 0.2) is 5.82 Å². The van der Waals surface area contributed by atoms with Gasteiger partial charge in [-0.25, -0.2) is 8.42 Å². The molecule has 7 nitrogen and oxygen atoms in total. The van der Waals surface area contributed by atoms with E-state index in [2.05, 4.69) is 19.6 Å². The Kier molecular flexibility index (Phi) is 4.63. The summed E-state index contributed by atoms with van der Waals surface area (Å²) in [4.78, 5) is 4.23. The van der Waals surface area contributed by atoms with Crippen molar-refractivity contribution < 1.29 is 30.8 Å². The number of aryl methyl sites for hydroxylation is 1. The molecule has 2 aromatic heterocycles. The molecule has 0 aliphatic heterocycles. The average Bonchev–Trinajstić information content (AvgIpc) is 3.14. The normalized spacial score (nSPS) is 12.2. The molecule has 1 aromatic carbocycles. The van der Waals surface area contributed by atoms with Gasteiger partial charge < -0.3 is 9.26 Å². The molecule has 0 fully saturated rings. The van der Waals surface area contributed by atoms with Gasteiger partial charge in [0, 0.05) is 0 Å². The predicted molar refractivity (Wildman–Crippen MR) is 86.3 cm³/mol. The first kappa shape index (κ1) is 18.2. The summed E-state index contributed by atoms with van der Waals surface area (Å²) in [5.41, 5.74) is 0.217. The van der Waals surface area contributed by atoms with Crippen molar-refractivity contribution >= 4 is 27.0 Å². The monoisotopic (exact) mass is 405 g/mol. The molecule has 0 radical (unpaired) electrons. The molecular formula is C14H10F3N3O4S2. The number of alkyl halides is 3. The first-order valence-corrected chi connectivity index (χ1v) is 9.27. The van der Waals surface area contributed by atoms with Crippen molar-refractivity contribution in [2.75, 3.05) is 4.72 Å². The van der Waals surface area contributed by atoms with E-state index in [-0.39, 0.29) is 16.5 Å². The van der Waals surface area contributed by atoms with E-state index in [1.165, 1.54) is 17.4 Å². The van der Waals surface area contributed by atoms with Crippen LogP contribution in [-0.4, -0.2) is 24.9 Å². The summed E-state index contributed by atoms with van der Waals surface area (Å²) < 4.78 is 72.5. The van der Waals surface area contributed by atoms with Crippen LogP contribution in [0.1, 0.15) is 5.82 Å². The fourth-order valence-electron chi connectivity index (χ4n) is 1.97. The zero-order valence-electron chi connectivity index (χ0n) is 12.9. The van der Waals surface area contributed by atoms with Crippen LogP contribution in [0.3, 0.4) is 0 Å². The lowest BCUT2D eigenvalue weighted by molar-refractivity contribution is -0.274. The molecule has 0 bridgehead atoms. The van der Waals surface area contributed by atoms with Crippen LogP contribution in [0.5, 0.6) is 5.75 Å². The second-order valence-corrected chi connectivity index (χ2v) is 7.53. The Bertz CT molecular complexity index is 1010. The molecule has 0 aliphatic carbocycles. The van der Waals surface area contributed by atoms with Gasteiger partial charge in [0.2, 0.25) is 0 Å². The van der Waals surface area contributed by atoms with E-state index >= 15 is 0 Å². The summed E-state index contributed by atoms with van der Waals surface area (Å²) in [6.45, 7) is 1.62. The number of hydrogen-bond acceptors (Lipinski definition) is 7. The molecular weight excluding hydrogens is 395 g/mol. The number of anilines is 1. The Morgan fingerprint density at radius 1 is 1.19 bits per heavy atom. The van der Waals surface area contributed by atoms with Crippen molar-refractivity contribution in [3.8, 4) is 16.5 Å². The Morgan fingerprint density at radius 2 is 1.88 bits per heavy atom. The van der Waals surface area contributed by atoms with Crippen molar-refractivity contribution in [3.05, 3.63) is 41.5 Å². The first-order valence-electron chi connectivity index (χ1n) is 6.91. The van der Waals surface area contributed by atoms with Gasteiger partial charge in [-0.05, 0) is 42.6 Å². The summed E-state index contributed by atoms with van der Waals surface area (Å²) in [5, 5.41) is 5.28. The lowest BCUT2D eigenvalue weighted by Gasteiger charge is -2.10. The first-order chi connectivity index (χ1) is 12.1. The van der Waals surface area contributed by atoms with Crippen LogP contribution in [0.25, 0.3) is 10.8 Å². The van der Waals surface area contributed by atoms with Gasteiger partial charge in [-0.3, -0.25) is 4.72 Å². The molecule has 0 spiro atoms. The summed E-state index contributed by atoms with van der Waals surface area (Å²) in [6.07, 6.45) is -4.85. The topological polar surface area (TPSA) is 94.3 Å². The number of sulfonamides is 1. The van der Waals surface area contributed by atoms with Gasteiger partial charge in [-0.2, -0.15) is 4.98 Å². The number of halogens is 3. The molecule has 0 saturated carbocycles. The Hall–Kier alpha value is -2.60. The smallest absolute Gasteiger partial charge is 0.406 e. The molecule has 0 aliphatic rings. The fourth-order valence-corrected chi connectivity index (χ4v) is 3.88. The number of ether oxygens (including phenoxy) is 1. The number of nitrogens with one attached hydrogen (secondary N) is 1. The van der Waals surface area contributed by atoms with E-state index in [1.807, 2.05) is 0 Å². The molecule has 0 saturated heterocycles. The highest BCUT2D eigenvalue weighted by Gasteiger charge is 2.31. The molecule has 12 heteroatoms. The largest absolute Gasteiger partial charge is 0.573 e. The zero-order chi connectivity index (χ0) is 18.9. The van der Waals surface area contributed by atoms with E-state index < -0.39 is 22.1 Å². The number of nitrogens with zero attached hydrogens (tertiary/aromatic N) is 2. The molecule has 3 aromatic rings. The second kappa shape index (κ2) is 6.61. The number of hydrogen-bond donors (Lipinski definition) is 1. The van der Waals surface area contributed by atoms with Crippen LogP contribution < -0.4 is 9.46 Å². The zero-order valence-corrected chi connectivity index (χ0v) is 14.6. The van der Waals surface area contributed by atoms with Crippen LogP contribution in [0.4, 0.5) is 18.9 Å². The van der Waals surface area contributed by atoms with Crippen LogP contribution in [0.15, 0.2) is 45.1 Å². The van der Waals surface area contributed by atoms with Gasteiger partial charge in [-0.15, -0.1) is 24.5 Å². The summed E-state index contributed by atoms with van der Waals surface area (Å²) in [7, 11) is -4.04. The Morgan fingerprint density at radius 3 is 2.46 bits per heavy atom. The van der Waals surface area contributed by atoms with Crippen molar-refractivity contribution in [3.63, 3.8) is 0 Å². The van der Waals surface area contributed by atoms with Crippen LogP contribution >= 0.6 is 11.3 Å². The van der Waals surface area contributed by atoms with E-state index in [0.29, 0.717) is 10.7 Å². The minimum absolute atomic E-state index is 0.157. The molecule has 0 atom stereocenters.